The van der Waals surface area contributed by atoms with Crippen LogP contribution in [0.1, 0.15) is 29.5 Å². The van der Waals surface area contributed by atoms with Gasteiger partial charge in [-0.2, -0.15) is 18.0 Å². The van der Waals surface area contributed by atoms with E-state index in [-0.39, 0.29) is 22.0 Å². The Morgan fingerprint density at radius 2 is 1.73 bits per heavy atom. The second-order valence-electron chi connectivity index (χ2n) is 12.5. The number of amides is 1. The van der Waals surface area contributed by atoms with Crippen LogP contribution in [0.3, 0.4) is 0 Å². The zero-order valence-corrected chi connectivity index (χ0v) is 26.3. The van der Waals surface area contributed by atoms with Crippen LogP contribution in [0.4, 0.5) is 5.69 Å². The first-order valence-corrected chi connectivity index (χ1v) is 16.4. The first-order chi connectivity index (χ1) is 21.7. The number of rotatable bonds is 7. The number of sulfonamides is 1. The zero-order chi connectivity index (χ0) is 31.6. The topological polar surface area (TPSA) is 132 Å². The van der Waals surface area contributed by atoms with E-state index < -0.39 is 21.5 Å². The number of ether oxygens (including phenoxy) is 2. The van der Waals surface area contributed by atoms with Crippen molar-refractivity contribution >= 4 is 21.6 Å². The Morgan fingerprint density at radius 3 is 2.38 bits per heavy atom. The molecule has 12 nitrogen and oxygen atoms in total. The molecule has 2 aromatic heterocycles. The summed E-state index contributed by atoms with van der Waals surface area (Å²) in [6.07, 6.45) is 5.15. The van der Waals surface area contributed by atoms with Crippen LogP contribution in [-0.2, 0) is 20.4 Å². The minimum Gasteiger partial charge on any atom is -0.495 e. The van der Waals surface area contributed by atoms with Gasteiger partial charge in [-0.15, -0.1) is 0 Å². The van der Waals surface area contributed by atoms with E-state index in [0.29, 0.717) is 41.6 Å². The van der Waals surface area contributed by atoms with Gasteiger partial charge in [0.2, 0.25) is 5.88 Å². The molecule has 3 saturated heterocycles. The number of nitrogens with zero attached hydrogens (tertiary/aromatic N) is 7. The van der Waals surface area contributed by atoms with E-state index in [1.807, 2.05) is 4.90 Å². The summed E-state index contributed by atoms with van der Waals surface area (Å²) in [5.74, 6) is -0.0859. The van der Waals surface area contributed by atoms with Crippen LogP contribution < -0.4 is 13.8 Å². The van der Waals surface area contributed by atoms with E-state index in [0.717, 1.165) is 43.3 Å². The largest absolute Gasteiger partial charge is 0.495 e. The summed E-state index contributed by atoms with van der Waals surface area (Å²) in [5.41, 5.74) is -0.302. The number of aromatic nitrogens is 2. The molecule has 3 fully saturated rings. The fourth-order valence-electron chi connectivity index (χ4n) is 7.62. The predicted molar refractivity (Wildman–Crippen MR) is 164 cm³/mol. The maximum absolute atomic E-state index is 15.1. The van der Waals surface area contributed by atoms with Gasteiger partial charge in [0.05, 0.1) is 37.7 Å². The average Bonchev–Trinajstić information content (AvgIpc) is 3.28. The van der Waals surface area contributed by atoms with E-state index >= 15 is 4.79 Å². The summed E-state index contributed by atoms with van der Waals surface area (Å²) in [6.45, 7) is 5.17. The number of anilines is 1. The number of hydrogen-bond donors (Lipinski definition) is 0. The molecule has 7 rings (SSSR count). The molecule has 234 valence electrons. The molecule has 0 saturated carbocycles. The van der Waals surface area contributed by atoms with Crippen molar-refractivity contribution in [3.63, 3.8) is 0 Å². The van der Waals surface area contributed by atoms with Gasteiger partial charge in [-0.3, -0.25) is 14.6 Å². The summed E-state index contributed by atoms with van der Waals surface area (Å²) in [7, 11) is 0.620. The smallest absolute Gasteiger partial charge is 0.288 e. The van der Waals surface area contributed by atoms with Crippen LogP contribution in [0.15, 0.2) is 59.9 Å². The summed E-state index contributed by atoms with van der Waals surface area (Å²) < 4.78 is 40.2. The number of pyridine rings is 2. The molecule has 45 heavy (non-hydrogen) atoms. The highest BCUT2D eigenvalue weighted by atomic mass is 32.2. The highest BCUT2D eigenvalue weighted by molar-refractivity contribution is 7.93. The Labute approximate surface area is 262 Å². The number of likely N-dealkylation sites (tertiary alicyclic amines) is 3. The first-order valence-electron chi connectivity index (χ1n) is 15.0. The monoisotopic (exact) mass is 629 g/mol. The number of hydrogen-bond acceptors (Lipinski definition) is 11. The molecule has 1 spiro atoms. The fraction of sp³-hybridized carbons (Fsp3) is 0.438. The van der Waals surface area contributed by atoms with Crippen molar-refractivity contribution in [3.05, 3.63) is 71.5 Å². The lowest BCUT2D eigenvalue weighted by molar-refractivity contribution is -0.170. The molecular weight excluding hydrogens is 594 g/mol. The predicted octanol–water partition coefficient (Wildman–Crippen LogP) is 2.06. The van der Waals surface area contributed by atoms with Crippen molar-refractivity contribution < 1.29 is 22.7 Å². The number of benzene rings is 1. The van der Waals surface area contributed by atoms with Gasteiger partial charge in [-0.25, -0.2) is 9.97 Å². The third kappa shape index (κ3) is 4.42. The van der Waals surface area contributed by atoms with Gasteiger partial charge in [-0.1, -0.05) is 0 Å². The van der Waals surface area contributed by atoms with Crippen molar-refractivity contribution in [1.82, 2.24) is 24.7 Å². The van der Waals surface area contributed by atoms with E-state index in [4.69, 9.17) is 9.47 Å². The standard InChI is InChI=1S/C32H35N7O5S/c1-36-13-10-23(11-14-36)37-18-31(19-37)20-38(21-31)32(25-5-4-12-34-29(25)44-3)26-15-22(16-33)6-8-27(26)39(30(32)40)45(41,42)28-9-7-24(43-2)17-35-28/h4-9,12,15,17,23H,10-11,13-14,18-21H2,1-3H3. The van der Waals surface area contributed by atoms with Crippen LogP contribution in [0.25, 0.3) is 0 Å². The van der Waals surface area contributed by atoms with Gasteiger partial charge in [0.15, 0.2) is 10.6 Å². The van der Waals surface area contributed by atoms with Crippen molar-refractivity contribution in [2.24, 2.45) is 5.41 Å². The molecule has 1 amide bonds. The molecule has 4 aliphatic rings. The number of carbonyl (C=O) groups excluding carboxylic acids is 1. The van der Waals surface area contributed by atoms with Crippen molar-refractivity contribution in [3.8, 4) is 17.7 Å². The number of carbonyl (C=O) groups is 1. The normalized spacial score (nSPS) is 23.7. The van der Waals surface area contributed by atoms with Crippen molar-refractivity contribution in [1.29, 1.82) is 5.26 Å². The molecule has 13 heteroatoms. The summed E-state index contributed by atoms with van der Waals surface area (Å²) in [4.78, 5) is 30.6. The third-order valence-corrected chi connectivity index (χ3v) is 11.5. The quantitative estimate of drug-likeness (QED) is 0.381. The van der Waals surface area contributed by atoms with Crippen LogP contribution in [0.2, 0.25) is 0 Å². The van der Waals surface area contributed by atoms with Crippen LogP contribution in [-0.4, -0.2) is 106 Å². The molecule has 6 heterocycles. The lowest BCUT2D eigenvalue weighted by Crippen LogP contribution is -2.77. The highest BCUT2D eigenvalue weighted by Gasteiger charge is 2.67. The molecular formula is C32H35N7O5S. The van der Waals surface area contributed by atoms with Crippen LogP contribution in [0, 0.1) is 16.7 Å². The molecule has 0 bridgehead atoms. The Kier molecular flexibility index (Phi) is 7.09. The Morgan fingerprint density at radius 1 is 0.978 bits per heavy atom. The number of methoxy groups -OCH3 is 2. The molecule has 4 aliphatic heterocycles. The number of nitriles is 1. The Bertz CT molecular complexity index is 1790. The summed E-state index contributed by atoms with van der Waals surface area (Å²) in [5, 5.41) is 9.59. The minimum atomic E-state index is -4.48. The van der Waals surface area contributed by atoms with Crippen molar-refractivity contribution in [2.45, 2.75) is 29.4 Å². The second-order valence-corrected chi connectivity index (χ2v) is 14.3. The SMILES string of the molecule is COc1ccc(S(=O)(=O)N2C(=O)C(c3cccnc3OC)(N3CC4(CN(C5CCN(C)CC5)C4)C3)c3cc(C#N)ccc32)nc1. The third-order valence-electron chi connectivity index (χ3n) is 9.84. The molecule has 1 unspecified atom stereocenters. The second kappa shape index (κ2) is 10.8. The Hall–Kier alpha value is -4.09. The molecule has 0 aliphatic carbocycles. The average molecular weight is 630 g/mol. The molecule has 3 aromatic rings. The van der Waals surface area contributed by atoms with Gasteiger partial charge in [0, 0.05) is 55.0 Å². The van der Waals surface area contributed by atoms with Crippen LogP contribution in [0.5, 0.6) is 11.6 Å². The zero-order valence-electron chi connectivity index (χ0n) is 25.5. The number of fused-ring (bicyclic) bond motifs is 1. The van der Waals surface area contributed by atoms with E-state index in [1.165, 1.54) is 44.7 Å². The minimum absolute atomic E-state index is 0.0110. The highest BCUT2D eigenvalue weighted by Crippen LogP contribution is 2.57. The molecule has 1 aromatic carbocycles. The molecule has 1 atom stereocenters. The molecule has 0 N–H and O–H groups in total. The van der Waals surface area contributed by atoms with Gasteiger partial charge in [0.1, 0.15) is 5.75 Å². The van der Waals surface area contributed by atoms with Gasteiger partial charge in [0.25, 0.3) is 15.9 Å². The molecule has 0 radical (unpaired) electrons. The van der Waals surface area contributed by atoms with Crippen molar-refractivity contribution in [2.75, 3.05) is 64.8 Å². The fourth-order valence-corrected chi connectivity index (χ4v) is 9.00. The lowest BCUT2D eigenvalue weighted by Gasteiger charge is -2.65. The first kappa shape index (κ1) is 29.6. The Balaban J connectivity index is 1.32. The summed E-state index contributed by atoms with van der Waals surface area (Å²) in [6, 6.07) is 13.7. The maximum Gasteiger partial charge on any atom is 0.288 e. The van der Waals surface area contributed by atoms with E-state index in [1.54, 1.807) is 24.4 Å². The maximum atomic E-state index is 15.1. The van der Waals surface area contributed by atoms with Gasteiger partial charge < -0.3 is 14.4 Å². The van der Waals surface area contributed by atoms with E-state index in [2.05, 4.69) is 32.9 Å². The number of piperidine rings is 1. The van der Waals surface area contributed by atoms with Gasteiger partial charge >= 0.3 is 0 Å². The van der Waals surface area contributed by atoms with Gasteiger partial charge in [-0.05, 0) is 75.4 Å². The summed E-state index contributed by atoms with van der Waals surface area (Å²) >= 11 is 0. The lowest BCUT2D eigenvalue weighted by atomic mass is 9.67. The van der Waals surface area contributed by atoms with E-state index in [9.17, 15) is 13.7 Å². The van der Waals surface area contributed by atoms with Crippen LogP contribution >= 0.6 is 0 Å².